The highest BCUT2D eigenvalue weighted by molar-refractivity contribution is 5.22. The van der Waals surface area contributed by atoms with Crippen LogP contribution in [0.3, 0.4) is 0 Å². The van der Waals surface area contributed by atoms with E-state index in [1.54, 1.807) is 12.4 Å². The molecule has 3 rings (SSSR count). The van der Waals surface area contributed by atoms with Gasteiger partial charge in [-0.25, -0.2) is 9.97 Å². The number of nitrogens with one attached hydrogen (secondary N) is 2. The number of anilines is 1. The highest BCUT2D eigenvalue weighted by Crippen LogP contribution is 2.30. The smallest absolute Gasteiger partial charge is 0.222 e. The molecule has 2 fully saturated rings. The monoisotopic (exact) mass is 234 g/mol. The molecule has 1 saturated carbocycles. The number of aromatic nitrogens is 2. The van der Waals surface area contributed by atoms with E-state index in [9.17, 15) is 0 Å². The number of fused-ring (bicyclic) bond motifs is 1. The van der Waals surface area contributed by atoms with E-state index < -0.39 is 0 Å². The van der Waals surface area contributed by atoms with Gasteiger partial charge in [0, 0.05) is 37.4 Å². The molecule has 1 aromatic heterocycles. The van der Waals surface area contributed by atoms with Gasteiger partial charge in [-0.3, -0.25) is 0 Å². The molecule has 1 aromatic rings. The zero-order chi connectivity index (χ0) is 11.5. The molecule has 2 heterocycles. The minimum absolute atomic E-state index is 0.361. The lowest BCUT2D eigenvalue weighted by molar-refractivity contribution is -0.0115. The first-order valence-corrected chi connectivity index (χ1v) is 6.29. The molecule has 1 saturated heterocycles. The van der Waals surface area contributed by atoms with Crippen molar-refractivity contribution in [1.82, 2.24) is 15.3 Å². The van der Waals surface area contributed by atoms with E-state index in [4.69, 9.17) is 4.74 Å². The highest BCUT2D eigenvalue weighted by Gasteiger charge is 2.38. The molecule has 0 aromatic carbocycles. The molecule has 5 heteroatoms. The average Bonchev–Trinajstić information content (AvgIpc) is 2.81. The summed E-state index contributed by atoms with van der Waals surface area (Å²) in [6.45, 7) is 2.72. The summed E-state index contributed by atoms with van der Waals surface area (Å²) in [4.78, 5) is 8.33. The third-order valence-electron chi connectivity index (χ3n) is 3.62. The first kappa shape index (κ1) is 10.9. The van der Waals surface area contributed by atoms with Crippen LogP contribution in [0.2, 0.25) is 0 Å². The van der Waals surface area contributed by atoms with Gasteiger partial charge in [-0.1, -0.05) is 0 Å². The standard InChI is InChI=1S/C12H18N4O/c1-4-14-12(15-5-1)16-8-9-2-3-10-11(9)17-7-6-13-10/h1,4-5,9-11,13H,2-3,6-8H2,(H,14,15,16)/t9-,10+,11-/m0/s1. The lowest BCUT2D eigenvalue weighted by Gasteiger charge is -2.30. The van der Waals surface area contributed by atoms with E-state index in [0.717, 1.165) is 19.7 Å². The maximum absolute atomic E-state index is 5.86. The second-order valence-corrected chi connectivity index (χ2v) is 4.69. The lowest BCUT2D eigenvalue weighted by Crippen LogP contribution is -2.48. The molecule has 0 bridgehead atoms. The Balaban J connectivity index is 1.55. The van der Waals surface area contributed by atoms with E-state index in [2.05, 4.69) is 20.6 Å². The largest absolute Gasteiger partial charge is 0.375 e. The fourth-order valence-electron chi connectivity index (χ4n) is 2.79. The minimum atomic E-state index is 0.361. The van der Waals surface area contributed by atoms with Crippen LogP contribution in [0.15, 0.2) is 18.5 Å². The third-order valence-corrected chi connectivity index (χ3v) is 3.62. The zero-order valence-electron chi connectivity index (χ0n) is 9.80. The van der Waals surface area contributed by atoms with Gasteiger partial charge in [-0.2, -0.15) is 0 Å². The van der Waals surface area contributed by atoms with E-state index in [1.165, 1.54) is 12.8 Å². The van der Waals surface area contributed by atoms with Crippen molar-refractivity contribution in [2.75, 3.05) is 25.0 Å². The van der Waals surface area contributed by atoms with E-state index >= 15 is 0 Å². The summed E-state index contributed by atoms with van der Waals surface area (Å²) in [5.74, 6) is 1.27. The van der Waals surface area contributed by atoms with Crippen molar-refractivity contribution in [3.63, 3.8) is 0 Å². The zero-order valence-corrected chi connectivity index (χ0v) is 9.80. The van der Waals surface area contributed by atoms with Gasteiger partial charge in [0.1, 0.15) is 0 Å². The summed E-state index contributed by atoms with van der Waals surface area (Å²) in [5, 5.41) is 6.81. The molecule has 1 aliphatic carbocycles. The molecule has 2 aliphatic rings. The van der Waals surface area contributed by atoms with Crippen LogP contribution in [-0.4, -0.2) is 41.8 Å². The van der Waals surface area contributed by atoms with Crippen molar-refractivity contribution in [3.8, 4) is 0 Å². The van der Waals surface area contributed by atoms with E-state index in [1.807, 2.05) is 6.07 Å². The van der Waals surface area contributed by atoms with Crippen LogP contribution in [-0.2, 0) is 4.74 Å². The van der Waals surface area contributed by atoms with Gasteiger partial charge < -0.3 is 15.4 Å². The first-order valence-electron chi connectivity index (χ1n) is 6.29. The molecule has 92 valence electrons. The number of nitrogens with zero attached hydrogens (tertiary/aromatic N) is 2. The van der Waals surface area contributed by atoms with Gasteiger partial charge in [0.2, 0.25) is 5.95 Å². The fourth-order valence-corrected chi connectivity index (χ4v) is 2.79. The number of hydrogen-bond acceptors (Lipinski definition) is 5. The average molecular weight is 234 g/mol. The lowest BCUT2D eigenvalue weighted by atomic mass is 10.0. The number of rotatable bonds is 3. The summed E-state index contributed by atoms with van der Waals surface area (Å²) in [5.41, 5.74) is 0. The van der Waals surface area contributed by atoms with Crippen molar-refractivity contribution in [1.29, 1.82) is 0 Å². The van der Waals surface area contributed by atoms with Crippen molar-refractivity contribution in [2.24, 2.45) is 5.92 Å². The normalized spacial score (nSPS) is 32.1. The van der Waals surface area contributed by atoms with Gasteiger partial charge in [-0.05, 0) is 18.9 Å². The molecule has 0 spiro atoms. The Bertz CT molecular complexity index is 359. The topological polar surface area (TPSA) is 59.1 Å². The molecule has 2 N–H and O–H groups in total. The summed E-state index contributed by atoms with van der Waals surface area (Å²) < 4.78 is 5.86. The Labute approximate surface area is 101 Å². The van der Waals surface area contributed by atoms with Crippen LogP contribution in [0.5, 0.6) is 0 Å². The van der Waals surface area contributed by atoms with Crippen molar-refractivity contribution in [3.05, 3.63) is 18.5 Å². The quantitative estimate of drug-likeness (QED) is 0.804. The minimum Gasteiger partial charge on any atom is -0.375 e. The Morgan fingerprint density at radius 2 is 2.24 bits per heavy atom. The van der Waals surface area contributed by atoms with Crippen LogP contribution in [0, 0.1) is 5.92 Å². The molecule has 0 radical (unpaired) electrons. The van der Waals surface area contributed by atoms with Crippen LogP contribution in [0.1, 0.15) is 12.8 Å². The predicted octanol–water partition coefficient (Wildman–Crippen LogP) is 0.655. The molecular formula is C12H18N4O. The predicted molar refractivity (Wildman–Crippen MR) is 64.8 cm³/mol. The first-order chi connectivity index (χ1) is 8.43. The molecule has 3 atom stereocenters. The molecule has 1 aliphatic heterocycles. The molecule has 5 nitrogen and oxygen atoms in total. The Morgan fingerprint density at radius 3 is 3.12 bits per heavy atom. The summed E-state index contributed by atoms with van der Waals surface area (Å²) in [6, 6.07) is 2.37. The Kier molecular flexibility index (Phi) is 3.20. The van der Waals surface area contributed by atoms with Gasteiger partial charge in [0.15, 0.2) is 0 Å². The number of ether oxygens (including phenoxy) is 1. The van der Waals surface area contributed by atoms with Gasteiger partial charge in [0.25, 0.3) is 0 Å². The molecule has 0 amide bonds. The van der Waals surface area contributed by atoms with E-state index in [0.29, 0.717) is 24.0 Å². The summed E-state index contributed by atoms with van der Waals surface area (Å²) in [6.07, 6.45) is 6.30. The van der Waals surface area contributed by atoms with Crippen LogP contribution >= 0.6 is 0 Å². The van der Waals surface area contributed by atoms with Gasteiger partial charge >= 0.3 is 0 Å². The second-order valence-electron chi connectivity index (χ2n) is 4.69. The van der Waals surface area contributed by atoms with Crippen molar-refractivity contribution in [2.45, 2.75) is 25.0 Å². The van der Waals surface area contributed by atoms with Crippen LogP contribution < -0.4 is 10.6 Å². The summed E-state index contributed by atoms with van der Waals surface area (Å²) >= 11 is 0. The van der Waals surface area contributed by atoms with Crippen LogP contribution in [0.4, 0.5) is 5.95 Å². The Hall–Kier alpha value is -1.20. The maximum Gasteiger partial charge on any atom is 0.222 e. The highest BCUT2D eigenvalue weighted by atomic mass is 16.5. The third kappa shape index (κ3) is 2.40. The van der Waals surface area contributed by atoms with Crippen molar-refractivity contribution >= 4 is 5.95 Å². The number of morpholine rings is 1. The summed E-state index contributed by atoms with van der Waals surface area (Å²) in [7, 11) is 0. The van der Waals surface area contributed by atoms with E-state index in [-0.39, 0.29) is 0 Å². The van der Waals surface area contributed by atoms with Crippen LogP contribution in [0.25, 0.3) is 0 Å². The van der Waals surface area contributed by atoms with Crippen molar-refractivity contribution < 1.29 is 4.74 Å². The fraction of sp³-hybridized carbons (Fsp3) is 0.667. The molecule has 17 heavy (non-hydrogen) atoms. The van der Waals surface area contributed by atoms with Gasteiger partial charge in [0.05, 0.1) is 12.7 Å². The maximum atomic E-state index is 5.86. The second kappa shape index (κ2) is 4.98. The van der Waals surface area contributed by atoms with Gasteiger partial charge in [-0.15, -0.1) is 0 Å². The molecular weight excluding hydrogens is 216 g/mol. The number of hydrogen-bond donors (Lipinski definition) is 2. The molecule has 0 unspecified atom stereocenters. The SMILES string of the molecule is c1cnc(NC[C@@H]2CC[C@H]3NCCO[C@@H]23)nc1. The Morgan fingerprint density at radius 1 is 1.35 bits per heavy atom.